The highest BCUT2D eigenvalue weighted by Crippen LogP contribution is 2.61. The lowest BCUT2D eigenvalue weighted by atomic mass is 9.48. The van der Waals surface area contributed by atoms with Crippen LogP contribution in [0.15, 0.2) is 24.3 Å². The molecule has 1 aromatic carbocycles. The van der Waals surface area contributed by atoms with Crippen LogP contribution in [-0.4, -0.2) is 12.1 Å². The second-order valence-electron chi connectivity index (χ2n) is 9.20. The summed E-state index contributed by atoms with van der Waals surface area (Å²) in [6, 6.07) is 9.21. The number of ether oxygens (including phenoxy) is 1. The average Bonchev–Trinajstić information content (AvgIpc) is 2.51. The van der Waals surface area contributed by atoms with Crippen molar-refractivity contribution in [1.29, 1.82) is 0 Å². The Morgan fingerprint density at radius 3 is 2.25 bits per heavy atom. The molecule has 4 bridgehead atoms. The molecule has 1 atom stereocenters. The molecule has 0 heterocycles. The fourth-order valence-corrected chi connectivity index (χ4v) is 6.20. The van der Waals surface area contributed by atoms with Crippen molar-refractivity contribution >= 4 is 0 Å². The predicted octanol–water partition coefficient (Wildman–Crippen LogP) is 5.17. The third-order valence-electron chi connectivity index (χ3n) is 6.89. The van der Waals surface area contributed by atoms with Crippen molar-refractivity contribution in [2.45, 2.75) is 78.0 Å². The van der Waals surface area contributed by atoms with Crippen molar-refractivity contribution in [3.05, 3.63) is 29.8 Å². The van der Waals surface area contributed by atoms with Crippen LogP contribution < -0.4 is 10.1 Å². The van der Waals surface area contributed by atoms with Crippen LogP contribution in [0.3, 0.4) is 0 Å². The highest BCUT2D eigenvalue weighted by molar-refractivity contribution is 5.28. The summed E-state index contributed by atoms with van der Waals surface area (Å²) >= 11 is 0. The minimum Gasteiger partial charge on any atom is -0.491 e. The van der Waals surface area contributed by atoms with Gasteiger partial charge in [0, 0.05) is 12.6 Å². The predicted molar refractivity (Wildman–Crippen MR) is 99.1 cm³/mol. The van der Waals surface area contributed by atoms with Crippen molar-refractivity contribution in [3.63, 3.8) is 0 Å². The first kappa shape index (κ1) is 16.4. The van der Waals surface area contributed by atoms with Crippen LogP contribution in [0.25, 0.3) is 0 Å². The maximum Gasteiger partial charge on any atom is 0.120 e. The summed E-state index contributed by atoms with van der Waals surface area (Å²) in [5.74, 6) is 4.08. The van der Waals surface area contributed by atoms with Crippen LogP contribution in [0.4, 0.5) is 0 Å². The van der Waals surface area contributed by atoms with Crippen molar-refractivity contribution < 1.29 is 4.74 Å². The summed E-state index contributed by atoms with van der Waals surface area (Å²) in [4.78, 5) is 0. The lowest BCUT2D eigenvalue weighted by molar-refractivity contribution is -0.0706. The summed E-state index contributed by atoms with van der Waals surface area (Å²) in [7, 11) is 0. The molecule has 1 aromatic rings. The molecule has 24 heavy (non-hydrogen) atoms. The molecule has 0 saturated heterocycles. The lowest BCUT2D eigenvalue weighted by Gasteiger charge is -2.59. The smallest absolute Gasteiger partial charge is 0.120 e. The lowest BCUT2D eigenvalue weighted by Crippen LogP contribution is -2.54. The first-order valence-corrected chi connectivity index (χ1v) is 10.0. The van der Waals surface area contributed by atoms with Crippen molar-refractivity contribution in [2.75, 3.05) is 0 Å². The summed E-state index contributed by atoms with van der Waals surface area (Å²) in [5, 5.41) is 3.88. The van der Waals surface area contributed by atoms with E-state index < -0.39 is 0 Å². The Labute approximate surface area is 147 Å². The SMILES string of the molecule is CC(C)Oc1cccc(CNC(C)C23CC4CC(CC(C4)C2)C3)c1. The van der Waals surface area contributed by atoms with Gasteiger partial charge in [-0.05, 0) is 100 Å². The van der Waals surface area contributed by atoms with Gasteiger partial charge in [-0.1, -0.05) is 12.1 Å². The molecule has 4 aliphatic carbocycles. The maximum atomic E-state index is 5.83. The molecule has 4 saturated carbocycles. The van der Waals surface area contributed by atoms with Crippen molar-refractivity contribution in [1.82, 2.24) is 5.32 Å². The van der Waals surface area contributed by atoms with Gasteiger partial charge >= 0.3 is 0 Å². The van der Waals surface area contributed by atoms with Crippen LogP contribution in [0.5, 0.6) is 5.75 Å². The highest BCUT2D eigenvalue weighted by Gasteiger charge is 2.52. The molecule has 0 spiro atoms. The minimum absolute atomic E-state index is 0.235. The average molecular weight is 328 g/mol. The van der Waals surface area contributed by atoms with Crippen LogP contribution in [0.1, 0.15) is 64.9 Å². The maximum absolute atomic E-state index is 5.83. The second kappa shape index (κ2) is 6.37. The molecule has 0 amide bonds. The largest absolute Gasteiger partial charge is 0.491 e. The molecule has 1 unspecified atom stereocenters. The van der Waals surface area contributed by atoms with Crippen molar-refractivity contribution in [2.24, 2.45) is 23.2 Å². The zero-order chi connectivity index (χ0) is 16.7. The molecular weight excluding hydrogens is 294 g/mol. The first-order chi connectivity index (χ1) is 11.5. The van der Waals surface area contributed by atoms with Gasteiger partial charge in [0.05, 0.1) is 6.10 Å². The van der Waals surface area contributed by atoms with Gasteiger partial charge in [0.2, 0.25) is 0 Å². The second-order valence-corrected chi connectivity index (χ2v) is 9.20. The standard InChI is InChI=1S/C22H33NO/c1-15(2)24-21-6-4-5-17(10-21)14-23-16(3)22-11-18-7-19(12-22)9-20(8-18)13-22/h4-6,10,15-16,18-20,23H,7-9,11-14H2,1-3H3. The first-order valence-electron chi connectivity index (χ1n) is 10.0. The molecular formula is C22H33NO. The van der Waals surface area contributed by atoms with E-state index in [0.29, 0.717) is 11.5 Å². The van der Waals surface area contributed by atoms with Crippen LogP contribution in [0, 0.1) is 23.2 Å². The van der Waals surface area contributed by atoms with Gasteiger partial charge in [-0.15, -0.1) is 0 Å². The molecule has 2 heteroatoms. The van der Waals surface area contributed by atoms with E-state index in [1.165, 1.54) is 44.1 Å². The molecule has 0 aromatic heterocycles. The van der Waals surface area contributed by atoms with E-state index >= 15 is 0 Å². The normalized spacial score (nSPS) is 35.4. The fraction of sp³-hybridized carbons (Fsp3) is 0.727. The van der Waals surface area contributed by atoms with Gasteiger partial charge in [0.1, 0.15) is 5.75 Å². The van der Waals surface area contributed by atoms with Crippen molar-refractivity contribution in [3.8, 4) is 5.75 Å². The minimum atomic E-state index is 0.235. The Morgan fingerprint density at radius 2 is 1.67 bits per heavy atom. The summed E-state index contributed by atoms with van der Waals surface area (Å²) in [6.07, 6.45) is 9.25. The van der Waals surface area contributed by atoms with E-state index in [1.807, 2.05) is 0 Å². The molecule has 1 N–H and O–H groups in total. The summed E-state index contributed by atoms with van der Waals surface area (Å²) in [5.41, 5.74) is 1.92. The topological polar surface area (TPSA) is 21.3 Å². The van der Waals surface area contributed by atoms with E-state index in [4.69, 9.17) is 4.74 Å². The Kier molecular flexibility index (Phi) is 4.36. The van der Waals surface area contributed by atoms with E-state index in [1.54, 1.807) is 0 Å². The third-order valence-corrected chi connectivity index (χ3v) is 6.89. The number of hydrogen-bond donors (Lipinski definition) is 1. The van der Waals surface area contributed by atoms with Crippen LogP contribution >= 0.6 is 0 Å². The van der Waals surface area contributed by atoms with E-state index in [0.717, 1.165) is 30.0 Å². The van der Waals surface area contributed by atoms with Crippen LogP contribution in [0.2, 0.25) is 0 Å². The fourth-order valence-electron chi connectivity index (χ4n) is 6.20. The molecule has 4 fully saturated rings. The Hall–Kier alpha value is -1.02. The molecule has 2 nitrogen and oxygen atoms in total. The van der Waals surface area contributed by atoms with Gasteiger partial charge in [0.15, 0.2) is 0 Å². The van der Waals surface area contributed by atoms with E-state index in [9.17, 15) is 0 Å². The summed E-state index contributed by atoms with van der Waals surface area (Å²) < 4.78 is 5.83. The Balaban J connectivity index is 1.39. The molecule has 0 radical (unpaired) electrons. The Bertz CT molecular complexity index is 544. The monoisotopic (exact) mass is 327 g/mol. The highest BCUT2D eigenvalue weighted by atomic mass is 16.5. The molecule has 5 rings (SSSR count). The number of nitrogens with one attached hydrogen (secondary N) is 1. The quantitative estimate of drug-likeness (QED) is 0.778. The van der Waals surface area contributed by atoms with Gasteiger partial charge in [-0.2, -0.15) is 0 Å². The van der Waals surface area contributed by atoms with Gasteiger partial charge in [-0.25, -0.2) is 0 Å². The Morgan fingerprint density at radius 1 is 1.04 bits per heavy atom. The number of hydrogen-bond acceptors (Lipinski definition) is 2. The van der Waals surface area contributed by atoms with Gasteiger partial charge in [0.25, 0.3) is 0 Å². The number of rotatable bonds is 6. The molecule has 0 aliphatic heterocycles. The zero-order valence-corrected chi connectivity index (χ0v) is 15.6. The molecule has 132 valence electrons. The van der Waals surface area contributed by atoms with Crippen LogP contribution in [-0.2, 0) is 6.54 Å². The third kappa shape index (κ3) is 3.22. The van der Waals surface area contributed by atoms with Gasteiger partial charge in [-0.3, -0.25) is 0 Å². The summed E-state index contributed by atoms with van der Waals surface area (Å²) in [6.45, 7) is 7.57. The van der Waals surface area contributed by atoms with Gasteiger partial charge < -0.3 is 10.1 Å². The number of benzene rings is 1. The van der Waals surface area contributed by atoms with E-state index in [-0.39, 0.29) is 6.10 Å². The van der Waals surface area contributed by atoms with E-state index in [2.05, 4.69) is 50.4 Å². The zero-order valence-electron chi connectivity index (χ0n) is 15.6. The molecule has 4 aliphatic rings.